The van der Waals surface area contributed by atoms with Crippen molar-refractivity contribution < 1.29 is 0 Å². The highest BCUT2D eigenvalue weighted by Gasteiger charge is 2.23. The lowest BCUT2D eigenvalue weighted by molar-refractivity contribution is 0.264. The lowest BCUT2D eigenvalue weighted by Gasteiger charge is -2.27. The fourth-order valence-electron chi connectivity index (χ4n) is 2.42. The van der Waals surface area contributed by atoms with Gasteiger partial charge in [0, 0.05) is 36.5 Å². The average Bonchev–Trinajstić information content (AvgIpc) is 2.73. The maximum Gasteiger partial charge on any atom is 0.0376 e. The van der Waals surface area contributed by atoms with E-state index in [2.05, 4.69) is 54.7 Å². The Bertz CT molecular complexity index is 367. The quantitative estimate of drug-likeness (QED) is 0.865. The summed E-state index contributed by atoms with van der Waals surface area (Å²) < 4.78 is 0. The van der Waals surface area contributed by atoms with Crippen molar-refractivity contribution in [2.75, 3.05) is 37.5 Å². The summed E-state index contributed by atoms with van der Waals surface area (Å²) in [6.07, 6.45) is 2.18. The molecule has 2 atom stereocenters. The summed E-state index contributed by atoms with van der Waals surface area (Å²) in [5.41, 5.74) is 2.80. The first-order valence-electron chi connectivity index (χ1n) is 6.24. The summed E-state index contributed by atoms with van der Waals surface area (Å²) in [6, 6.07) is 9.34. The molecule has 1 aromatic rings. The van der Waals surface area contributed by atoms with E-state index in [1.807, 2.05) is 11.8 Å². The van der Waals surface area contributed by atoms with Crippen LogP contribution in [0.4, 0.5) is 5.69 Å². The van der Waals surface area contributed by atoms with Crippen LogP contribution in [0.25, 0.3) is 0 Å². The second kappa shape index (κ2) is 5.78. The van der Waals surface area contributed by atoms with Crippen LogP contribution >= 0.6 is 11.8 Å². The van der Waals surface area contributed by atoms with Gasteiger partial charge in [0.2, 0.25) is 0 Å². The summed E-state index contributed by atoms with van der Waals surface area (Å²) in [6.45, 7) is 4.53. The zero-order valence-electron chi connectivity index (χ0n) is 10.9. The molecule has 1 aliphatic heterocycles. The van der Waals surface area contributed by atoms with Crippen molar-refractivity contribution in [3.63, 3.8) is 0 Å². The number of hydrogen-bond donors (Lipinski definition) is 1. The van der Waals surface area contributed by atoms with Gasteiger partial charge in [0.15, 0.2) is 0 Å². The molecule has 0 bridgehead atoms. The summed E-state index contributed by atoms with van der Waals surface area (Å²) in [5.74, 6) is 1.85. The summed E-state index contributed by atoms with van der Waals surface area (Å²) >= 11 is 1.92. The van der Waals surface area contributed by atoms with E-state index in [0.717, 1.165) is 13.1 Å². The maximum atomic E-state index is 3.49. The number of nitrogens with zero attached hydrogens (tertiary/aromatic N) is 1. The molecule has 17 heavy (non-hydrogen) atoms. The van der Waals surface area contributed by atoms with Crippen LogP contribution < -0.4 is 5.32 Å². The molecule has 0 spiro atoms. The van der Waals surface area contributed by atoms with E-state index < -0.39 is 0 Å². The molecule has 0 amide bonds. The Kier molecular flexibility index (Phi) is 4.35. The van der Waals surface area contributed by atoms with Crippen molar-refractivity contribution in [3.05, 3.63) is 29.8 Å². The zero-order valence-corrected chi connectivity index (χ0v) is 11.8. The van der Waals surface area contributed by atoms with Gasteiger partial charge in [-0.05, 0) is 31.9 Å². The Labute approximate surface area is 109 Å². The molecule has 2 rings (SSSR count). The highest BCUT2D eigenvalue weighted by Crippen LogP contribution is 2.31. The molecule has 1 aliphatic rings. The minimum absolute atomic E-state index is 0.639. The van der Waals surface area contributed by atoms with Gasteiger partial charge in [-0.3, -0.25) is 0 Å². The second-order valence-electron chi connectivity index (χ2n) is 4.91. The number of rotatable bonds is 5. The van der Waals surface area contributed by atoms with Crippen molar-refractivity contribution in [1.29, 1.82) is 0 Å². The van der Waals surface area contributed by atoms with Crippen LogP contribution in [-0.2, 0) is 0 Å². The monoisotopic (exact) mass is 250 g/mol. The van der Waals surface area contributed by atoms with Gasteiger partial charge in [-0.1, -0.05) is 18.2 Å². The molecule has 1 N–H and O–H groups in total. The Morgan fingerprint density at radius 2 is 2.24 bits per heavy atom. The van der Waals surface area contributed by atoms with Gasteiger partial charge in [-0.2, -0.15) is 11.8 Å². The Morgan fingerprint density at radius 3 is 3.00 bits per heavy atom. The molecule has 0 saturated heterocycles. The molecule has 0 radical (unpaired) electrons. The first kappa shape index (κ1) is 12.8. The first-order valence-corrected chi connectivity index (χ1v) is 7.63. The average molecular weight is 250 g/mol. The second-order valence-corrected chi connectivity index (χ2v) is 5.82. The predicted molar refractivity (Wildman–Crippen MR) is 78.1 cm³/mol. The van der Waals surface area contributed by atoms with Crippen molar-refractivity contribution in [1.82, 2.24) is 4.90 Å². The number of thioether (sulfide) groups is 1. The number of nitrogens with one attached hydrogen (secondary N) is 1. The Hall–Kier alpha value is -0.670. The van der Waals surface area contributed by atoms with Gasteiger partial charge in [0.1, 0.15) is 0 Å². The van der Waals surface area contributed by atoms with Gasteiger partial charge in [0.25, 0.3) is 0 Å². The first-order chi connectivity index (χ1) is 8.22. The summed E-state index contributed by atoms with van der Waals surface area (Å²) in [5, 5.41) is 3.49. The smallest absolute Gasteiger partial charge is 0.0376 e. The molecule has 3 heteroatoms. The van der Waals surface area contributed by atoms with Crippen molar-refractivity contribution in [3.8, 4) is 0 Å². The Balaban J connectivity index is 1.97. The van der Waals surface area contributed by atoms with Crippen molar-refractivity contribution in [2.45, 2.75) is 18.9 Å². The SMILES string of the molecule is CSCC(C)N(C)CC1CNc2ccccc21. The van der Waals surface area contributed by atoms with Crippen LogP contribution in [0.1, 0.15) is 18.4 Å². The van der Waals surface area contributed by atoms with Gasteiger partial charge >= 0.3 is 0 Å². The van der Waals surface area contributed by atoms with Crippen molar-refractivity contribution >= 4 is 17.4 Å². The molecule has 0 saturated carbocycles. The van der Waals surface area contributed by atoms with E-state index in [-0.39, 0.29) is 0 Å². The van der Waals surface area contributed by atoms with E-state index >= 15 is 0 Å². The topological polar surface area (TPSA) is 15.3 Å². The lowest BCUT2D eigenvalue weighted by atomic mass is 10.0. The minimum Gasteiger partial charge on any atom is -0.384 e. The zero-order chi connectivity index (χ0) is 12.3. The standard InChI is InChI=1S/C14H22N2S/c1-11(10-17-3)16(2)9-12-8-15-14-7-5-4-6-13(12)14/h4-7,11-12,15H,8-10H2,1-3H3. The fourth-order valence-corrected chi connectivity index (χ4v) is 3.15. The molecule has 1 aromatic carbocycles. The molecule has 0 aromatic heterocycles. The fraction of sp³-hybridized carbons (Fsp3) is 0.571. The number of likely N-dealkylation sites (N-methyl/N-ethyl adjacent to an activating group) is 1. The molecule has 2 unspecified atom stereocenters. The minimum atomic E-state index is 0.639. The molecule has 0 aliphatic carbocycles. The number of para-hydroxylation sites is 1. The Morgan fingerprint density at radius 1 is 1.47 bits per heavy atom. The molecule has 2 nitrogen and oxygen atoms in total. The highest BCUT2D eigenvalue weighted by atomic mass is 32.2. The van der Waals surface area contributed by atoms with Crippen LogP contribution in [0.3, 0.4) is 0 Å². The number of hydrogen-bond acceptors (Lipinski definition) is 3. The molecule has 0 fully saturated rings. The molecular weight excluding hydrogens is 228 g/mol. The van der Waals surface area contributed by atoms with Crippen LogP contribution in [0.2, 0.25) is 0 Å². The summed E-state index contributed by atoms with van der Waals surface area (Å²) in [7, 11) is 2.24. The van der Waals surface area contributed by atoms with E-state index in [1.165, 1.54) is 17.0 Å². The number of anilines is 1. The van der Waals surface area contributed by atoms with Crippen LogP contribution in [-0.4, -0.2) is 43.1 Å². The summed E-state index contributed by atoms with van der Waals surface area (Å²) in [4.78, 5) is 2.48. The maximum absolute atomic E-state index is 3.49. The van der Waals surface area contributed by atoms with Crippen LogP contribution in [0, 0.1) is 0 Å². The number of fused-ring (bicyclic) bond motifs is 1. The predicted octanol–water partition coefficient (Wildman–Crippen LogP) is 2.88. The van der Waals surface area contributed by atoms with Gasteiger partial charge in [-0.25, -0.2) is 0 Å². The van der Waals surface area contributed by atoms with E-state index in [1.54, 1.807) is 0 Å². The normalized spacial score (nSPS) is 20.1. The van der Waals surface area contributed by atoms with E-state index in [4.69, 9.17) is 0 Å². The van der Waals surface area contributed by atoms with Gasteiger partial charge in [-0.15, -0.1) is 0 Å². The van der Waals surface area contributed by atoms with Crippen LogP contribution in [0.5, 0.6) is 0 Å². The van der Waals surface area contributed by atoms with E-state index in [0.29, 0.717) is 12.0 Å². The highest BCUT2D eigenvalue weighted by molar-refractivity contribution is 7.98. The third kappa shape index (κ3) is 2.96. The molecule has 94 valence electrons. The van der Waals surface area contributed by atoms with Gasteiger partial charge < -0.3 is 10.2 Å². The van der Waals surface area contributed by atoms with Gasteiger partial charge in [0.05, 0.1) is 0 Å². The van der Waals surface area contributed by atoms with Crippen LogP contribution in [0.15, 0.2) is 24.3 Å². The molecular formula is C14H22N2S. The third-order valence-corrected chi connectivity index (χ3v) is 4.42. The lowest BCUT2D eigenvalue weighted by Crippen LogP contribution is -2.35. The largest absolute Gasteiger partial charge is 0.384 e. The van der Waals surface area contributed by atoms with Crippen molar-refractivity contribution in [2.24, 2.45) is 0 Å². The van der Waals surface area contributed by atoms with E-state index in [9.17, 15) is 0 Å². The molecule has 1 heterocycles. The number of benzene rings is 1. The third-order valence-electron chi connectivity index (χ3n) is 3.61.